The molecule has 1 heterocycles. The van der Waals surface area contributed by atoms with Gasteiger partial charge < -0.3 is 9.72 Å². The van der Waals surface area contributed by atoms with E-state index >= 15 is 0 Å². The predicted octanol–water partition coefficient (Wildman–Crippen LogP) is 2.24. The fourth-order valence-corrected chi connectivity index (χ4v) is 2.33. The van der Waals surface area contributed by atoms with Crippen LogP contribution >= 0.6 is 0 Å². The van der Waals surface area contributed by atoms with Gasteiger partial charge in [0.2, 0.25) is 0 Å². The second-order valence-electron chi connectivity index (χ2n) is 3.86. The molecule has 3 heteroatoms. The van der Waals surface area contributed by atoms with Gasteiger partial charge in [-0.2, -0.15) is 0 Å². The van der Waals surface area contributed by atoms with Gasteiger partial charge >= 0.3 is 5.97 Å². The van der Waals surface area contributed by atoms with Crippen molar-refractivity contribution >= 4 is 5.97 Å². The van der Waals surface area contributed by atoms with E-state index in [4.69, 9.17) is 4.74 Å². The van der Waals surface area contributed by atoms with Crippen molar-refractivity contribution in [3.63, 3.8) is 0 Å². The molecule has 1 aromatic heterocycles. The third-order valence-electron chi connectivity index (χ3n) is 2.99. The Hall–Kier alpha value is -1.25. The van der Waals surface area contributed by atoms with Crippen molar-refractivity contribution in [3.05, 3.63) is 22.5 Å². The van der Waals surface area contributed by atoms with Crippen molar-refractivity contribution in [2.45, 2.75) is 39.5 Å². The molecule has 1 N–H and O–H groups in total. The molecule has 0 bridgehead atoms. The van der Waals surface area contributed by atoms with Crippen molar-refractivity contribution in [2.75, 3.05) is 6.61 Å². The average Bonchev–Trinajstić information content (AvgIpc) is 2.77. The number of fused-ring (bicyclic) bond motifs is 1. The summed E-state index contributed by atoms with van der Waals surface area (Å²) in [6.07, 6.45) is 4.24. The van der Waals surface area contributed by atoms with Gasteiger partial charge in [0.1, 0.15) is 5.69 Å². The summed E-state index contributed by atoms with van der Waals surface area (Å²) in [5.74, 6) is -0.199. The van der Waals surface area contributed by atoms with E-state index in [0.29, 0.717) is 12.3 Å². The van der Waals surface area contributed by atoms with Crippen LogP contribution in [0.4, 0.5) is 0 Å². The molecule has 1 aliphatic carbocycles. The quantitative estimate of drug-likeness (QED) is 0.772. The molecule has 0 amide bonds. The Labute approximate surface area is 89.8 Å². The highest BCUT2D eigenvalue weighted by Crippen LogP contribution is 2.29. The van der Waals surface area contributed by atoms with Crippen LogP contribution in [-0.2, 0) is 24.0 Å². The number of aromatic amines is 1. The highest BCUT2D eigenvalue weighted by atomic mass is 16.5. The summed E-state index contributed by atoms with van der Waals surface area (Å²) in [5, 5.41) is 0. The van der Waals surface area contributed by atoms with Gasteiger partial charge in [0, 0.05) is 5.69 Å². The normalized spacial score (nSPS) is 14.0. The van der Waals surface area contributed by atoms with Crippen LogP contribution < -0.4 is 0 Å². The Balaban J connectivity index is 2.36. The van der Waals surface area contributed by atoms with Crippen LogP contribution in [-0.4, -0.2) is 17.6 Å². The maximum absolute atomic E-state index is 11.7. The highest BCUT2D eigenvalue weighted by molar-refractivity contribution is 5.90. The van der Waals surface area contributed by atoms with Crippen molar-refractivity contribution in [3.8, 4) is 0 Å². The molecule has 1 aliphatic rings. The lowest BCUT2D eigenvalue weighted by atomic mass is 10.1. The molecular weight excluding hydrogens is 190 g/mol. The maximum atomic E-state index is 11.7. The Morgan fingerprint density at radius 3 is 2.73 bits per heavy atom. The summed E-state index contributed by atoms with van der Waals surface area (Å²) in [7, 11) is 0. The number of aromatic nitrogens is 1. The monoisotopic (exact) mass is 207 g/mol. The molecule has 0 aliphatic heterocycles. The largest absolute Gasteiger partial charge is 0.461 e. The van der Waals surface area contributed by atoms with Gasteiger partial charge in [-0.25, -0.2) is 4.79 Å². The number of hydrogen-bond donors (Lipinski definition) is 1. The molecule has 0 saturated heterocycles. The van der Waals surface area contributed by atoms with Gasteiger partial charge in [-0.3, -0.25) is 0 Å². The van der Waals surface area contributed by atoms with Gasteiger partial charge in [0.05, 0.1) is 6.61 Å². The molecule has 2 rings (SSSR count). The fraction of sp³-hybridized carbons (Fsp3) is 0.583. The molecule has 0 radical (unpaired) electrons. The summed E-state index contributed by atoms with van der Waals surface area (Å²) < 4.78 is 5.04. The Kier molecular flexibility index (Phi) is 2.80. The third-order valence-corrected chi connectivity index (χ3v) is 2.99. The molecule has 0 saturated carbocycles. The second kappa shape index (κ2) is 4.09. The molecule has 3 nitrogen and oxygen atoms in total. The minimum absolute atomic E-state index is 0.199. The van der Waals surface area contributed by atoms with Crippen LogP contribution in [0.2, 0.25) is 0 Å². The smallest absolute Gasteiger partial charge is 0.355 e. The van der Waals surface area contributed by atoms with E-state index in [-0.39, 0.29) is 5.97 Å². The van der Waals surface area contributed by atoms with Gasteiger partial charge in [0.15, 0.2) is 0 Å². The number of carbonyl (C=O) groups excluding carboxylic acids is 1. The lowest BCUT2D eigenvalue weighted by Gasteiger charge is -2.01. The third kappa shape index (κ3) is 1.66. The lowest BCUT2D eigenvalue weighted by molar-refractivity contribution is 0.0519. The van der Waals surface area contributed by atoms with Crippen LogP contribution in [0.3, 0.4) is 0 Å². The molecule has 0 atom stereocenters. The maximum Gasteiger partial charge on any atom is 0.355 e. The molecule has 1 aromatic rings. The van der Waals surface area contributed by atoms with Gasteiger partial charge in [-0.15, -0.1) is 0 Å². The number of hydrogen-bond acceptors (Lipinski definition) is 2. The molecular formula is C12H17NO2. The van der Waals surface area contributed by atoms with Crippen molar-refractivity contribution in [1.82, 2.24) is 4.98 Å². The van der Waals surface area contributed by atoms with E-state index in [0.717, 1.165) is 19.3 Å². The van der Waals surface area contributed by atoms with Gasteiger partial charge in [0.25, 0.3) is 0 Å². The van der Waals surface area contributed by atoms with E-state index in [2.05, 4.69) is 11.9 Å². The van der Waals surface area contributed by atoms with Gasteiger partial charge in [-0.1, -0.05) is 6.92 Å². The van der Waals surface area contributed by atoms with Crippen LogP contribution in [0.1, 0.15) is 47.6 Å². The first-order valence-electron chi connectivity index (χ1n) is 5.67. The zero-order chi connectivity index (χ0) is 10.8. The summed E-state index contributed by atoms with van der Waals surface area (Å²) in [6.45, 7) is 4.38. The first-order valence-corrected chi connectivity index (χ1v) is 5.67. The minimum Gasteiger partial charge on any atom is -0.461 e. The number of rotatable bonds is 3. The van der Waals surface area contributed by atoms with Crippen molar-refractivity contribution < 1.29 is 9.53 Å². The van der Waals surface area contributed by atoms with E-state index in [1.165, 1.54) is 23.2 Å². The zero-order valence-corrected chi connectivity index (χ0v) is 9.35. The molecule has 0 aromatic carbocycles. The summed E-state index contributed by atoms with van der Waals surface area (Å²) in [4.78, 5) is 14.9. The second-order valence-corrected chi connectivity index (χ2v) is 3.86. The first-order chi connectivity index (χ1) is 7.27. The molecule has 82 valence electrons. The predicted molar refractivity (Wildman–Crippen MR) is 58.2 cm³/mol. The lowest BCUT2D eigenvalue weighted by Crippen LogP contribution is -2.07. The van der Waals surface area contributed by atoms with E-state index < -0.39 is 0 Å². The van der Waals surface area contributed by atoms with Crippen LogP contribution in [0.15, 0.2) is 0 Å². The van der Waals surface area contributed by atoms with E-state index in [1.807, 2.05) is 6.92 Å². The highest BCUT2D eigenvalue weighted by Gasteiger charge is 2.25. The Morgan fingerprint density at radius 2 is 2.07 bits per heavy atom. The molecule has 0 spiro atoms. The summed E-state index contributed by atoms with van der Waals surface area (Å²) in [6, 6.07) is 0. The van der Waals surface area contributed by atoms with Crippen molar-refractivity contribution in [2.24, 2.45) is 0 Å². The number of esters is 1. The summed E-state index contributed by atoms with van der Waals surface area (Å²) in [5.41, 5.74) is 4.47. The number of ether oxygens (including phenoxy) is 1. The number of H-pyrrole nitrogens is 1. The van der Waals surface area contributed by atoms with Crippen LogP contribution in [0, 0.1) is 0 Å². The topological polar surface area (TPSA) is 42.1 Å². The minimum atomic E-state index is -0.199. The summed E-state index contributed by atoms with van der Waals surface area (Å²) >= 11 is 0. The molecule has 0 unspecified atom stereocenters. The van der Waals surface area contributed by atoms with E-state index in [9.17, 15) is 4.79 Å². The number of aryl methyl sites for hydroxylation is 1. The van der Waals surface area contributed by atoms with E-state index in [1.54, 1.807) is 0 Å². The SMILES string of the molecule is CCOC(=O)c1[nH]c(CC)c2c1CCC2. The molecule has 0 fully saturated rings. The first kappa shape index (κ1) is 10.3. The Morgan fingerprint density at radius 1 is 1.33 bits per heavy atom. The van der Waals surface area contributed by atoms with Crippen LogP contribution in [0.25, 0.3) is 0 Å². The number of carbonyl (C=O) groups is 1. The molecule has 15 heavy (non-hydrogen) atoms. The van der Waals surface area contributed by atoms with Crippen LogP contribution in [0.5, 0.6) is 0 Å². The van der Waals surface area contributed by atoms with Crippen molar-refractivity contribution in [1.29, 1.82) is 0 Å². The average molecular weight is 207 g/mol. The van der Waals surface area contributed by atoms with Gasteiger partial charge in [-0.05, 0) is 43.7 Å². The zero-order valence-electron chi connectivity index (χ0n) is 9.35. The standard InChI is InChI=1S/C12H17NO2/c1-3-10-8-6-5-7-9(8)11(13-10)12(14)15-4-2/h13H,3-7H2,1-2H3. The number of nitrogens with one attached hydrogen (secondary N) is 1. The fourth-order valence-electron chi connectivity index (χ4n) is 2.33. The Bertz CT molecular complexity index is 379.